The van der Waals surface area contributed by atoms with Gasteiger partial charge in [0.25, 0.3) is 5.91 Å². The molecule has 0 bridgehead atoms. The van der Waals surface area contributed by atoms with Gasteiger partial charge in [-0.3, -0.25) is 9.59 Å². The fourth-order valence-electron chi connectivity index (χ4n) is 4.03. The lowest BCUT2D eigenvalue weighted by Crippen LogP contribution is -2.48. The monoisotopic (exact) mass is 413 g/mol. The normalized spacial score (nSPS) is 19.8. The van der Waals surface area contributed by atoms with E-state index >= 15 is 0 Å². The lowest BCUT2D eigenvalue weighted by Gasteiger charge is -2.31. The number of halogens is 1. The molecule has 29 heavy (non-hydrogen) atoms. The minimum absolute atomic E-state index is 0. The summed E-state index contributed by atoms with van der Waals surface area (Å²) in [4.78, 5) is 27.4. The summed E-state index contributed by atoms with van der Waals surface area (Å²) in [6.45, 7) is 4.56. The van der Waals surface area contributed by atoms with Crippen LogP contribution in [-0.4, -0.2) is 36.3 Å². The third-order valence-corrected chi connectivity index (χ3v) is 6.03. The molecule has 0 aromatic heterocycles. The van der Waals surface area contributed by atoms with Crippen LogP contribution in [0.1, 0.15) is 41.7 Å². The van der Waals surface area contributed by atoms with Crippen molar-refractivity contribution in [2.45, 2.75) is 25.8 Å². The molecular formula is C23H28ClN3O2. The van der Waals surface area contributed by atoms with E-state index in [1.165, 1.54) is 5.56 Å². The molecule has 0 radical (unpaired) electrons. The molecule has 2 unspecified atom stereocenters. The number of carbonyl (C=O) groups excluding carboxylic acids is 2. The predicted octanol–water partition coefficient (Wildman–Crippen LogP) is 3.88. The zero-order valence-electron chi connectivity index (χ0n) is 16.6. The Bertz CT molecular complexity index is 837. The zero-order valence-corrected chi connectivity index (χ0v) is 17.5. The summed E-state index contributed by atoms with van der Waals surface area (Å²) in [5.41, 5.74) is 2.59. The molecule has 0 aliphatic carbocycles. The topological polar surface area (TPSA) is 61.4 Å². The largest absolute Gasteiger partial charge is 0.332 e. The fourth-order valence-corrected chi connectivity index (χ4v) is 4.03. The Hall–Kier alpha value is -2.37. The third kappa shape index (κ3) is 4.62. The van der Waals surface area contributed by atoms with Gasteiger partial charge in [0.1, 0.15) is 0 Å². The standard InChI is InChI=1S/C23H27N3O2.ClH/c1-16(19-14-24-15-19)22(27)25-20-11-9-18(10-12-20)23(28)26-13-5-8-21(26)17-6-3-2-4-7-17;/h2-4,6-7,9-12,16,19,21,24H,5,8,13-15H2,1H3,(H,25,27);1H. The van der Waals surface area contributed by atoms with Crippen LogP contribution >= 0.6 is 12.4 Å². The molecule has 2 aliphatic rings. The van der Waals surface area contributed by atoms with E-state index in [4.69, 9.17) is 0 Å². The van der Waals surface area contributed by atoms with E-state index < -0.39 is 0 Å². The molecule has 0 saturated carbocycles. The highest BCUT2D eigenvalue weighted by Crippen LogP contribution is 2.33. The Balaban J connectivity index is 0.00000240. The number of rotatable bonds is 5. The fraction of sp³-hybridized carbons (Fsp3) is 0.391. The average Bonchev–Trinajstić information content (AvgIpc) is 3.17. The van der Waals surface area contributed by atoms with Gasteiger partial charge in [0.15, 0.2) is 0 Å². The van der Waals surface area contributed by atoms with Crippen molar-refractivity contribution >= 4 is 29.9 Å². The van der Waals surface area contributed by atoms with E-state index in [0.717, 1.165) is 38.2 Å². The van der Waals surface area contributed by atoms with Crippen molar-refractivity contribution < 1.29 is 9.59 Å². The number of benzene rings is 2. The average molecular weight is 414 g/mol. The highest BCUT2D eigenvalue weighted by Gasteiger charge is 2.31. The van der Waals surface area contributed by atoms with Crippen LogP contribution in [0.15, 0.2) is 54.6 Å². The summed E-state index contributed by atoms with van der Waals surface area (Å²) >= 11 is 0. The number of nitrogens with one attached hydrogen (secondary N) is 2. The Morgan fingerprint density at radius 3 is 2.38 bits per heavy atom. The van der Waals surface area contributed by atoms with Gasteiger partial charge in [-0.05, 0) is 61.7 Å². The van der Waals surface area contributed by atoms with Crippen LogP contribution in [0.25, 0.3) is 0 Å². The SMILES string of the molecule is CC(C(=O)Nc1ccc(C(=O)N2CCCC2c2ccccc2)cc1)C1CNC1.Cl. The van der Waals surface area contributed by atoms with Crippen LogP contribution in [0.4, 0.5) is 5.69 Å². The Morgan fingerprint density at radius 1 is 1.07 bits per heavy atom. The maximum Gasteiger partial charge on any atom is 0.254 e. The summed E-state index contributed by atoms with van der Waals surface area (Å²) < 4.78 is 0. The lowest BCUT2D eigenvalue weighted by molar-refractivity contribution is -0.121. The number of nitrogens with zero attached hydrogens (tertiary/aromatic N) is 1. The summed E-state index contributed by atoms with van der Waals surface area (Å²) in [5, 5.41) is 6.17. The molecule has 2 aromatic rings. The van der Waals surface area contributed by atoms with Crippen LogP contribution in [0, 0.1) is 11.8 Å². The molecule has 6 heteroatoms. The molecule has 2 aliphatic heterocycles. The van der Waals surface area contributed by atoms with E-state index in [9.17, 15) is 9.59 Å². The summed E-state index contributed by atoms with van der Waals surface area (Å²) in [5.74, 6) is 0.483. The van der Waals surface area contributed by atoms with Crippen molar-refractivity contribution in [2.24, 2.45) is 11.8 Å². The van der Waals surface area contributed by atoms with Crippen LogP contribution < -0.4 is 10.6 Å². The van der Waals surface area contributed by atoms with Crippen molar-refractivity contribution in [3.05, 3.63) is 65.7 Å². The number of hydrogen-bond donors (Lipinski definition) is 2. The molecule has 0 spiro atoms. The van der Waals surface area contributed by atoms with Gasteiger partial charge in [0, 0.05) is 23.7 Å². The first-order valence-corrected chi connectivity index (χ1v) is 10.1. The molecule has 2 aromatic carbocycles. The molecule has 5 nitrogen and oxygen atoms in total. The van der Waals surface area contributed by atoms with E-state index in [1.807, 2.05) is 54.3 Å². The maximum absolute atomic E-state index is 13.0. The van der Waals surface area contributed by atoms with Crippen molar-refractivity contribution in [1.82, 2.24) is 10.2 Å². The number of anilines is 1. The number of likely N-dealkylation sites (tertiary alicyclic amines) is 1. The summed E-state index contributed by atoms with van der Waals surface area (Å²) in [6, 6.07) is 17.6. The van der Waals surface area contributed by atoms with E-state index in [-0.39, 0.29) is 36.2 Å². The first-order valence-electron chi connectivity index (χ1n) is 10.1. The second-order valence-corrected chi connectivity index (χ2v) is 7.84. The van der Waals surface area contributed by atoms with Crippen LogP contribution in [-0.2, 0) is 4.79 Å². The van der Waals surface area contributed by atoms with Crippen LogP contribution in [0.2, 0.25) is 0 Å². The molecule has 4 rings (SSSR count). The molecule has 154 valence electrons. The van der Waals surface area contributed by atoms with Gasteiger partial charge in [-0.15, -0.1) is 12.4 Å². The second-order valence-electron chi connectivity index (χ2n) is 7.84. The lowest BCUT2D eigenvalue weighted by atomic mass is 9.88. The minimum Gasteiger partial charge on any atom is -0.332 e. The Labute approximate surface area is 178 Å². The molecule has 2 amide bonds. The van der Waals surface area contributed by atoms with Gasteiger partial charge in [0.05, 0.1) is 6.04 Å². The van der Waals surface area contributed by atoms with Gasteiger partial charge in [-0.1, -0.05) is 37.3 Å². The van der Waals surface area contributed by atoms with E-state index in [1.54, 1.807) is 0 Å². The van der Waals surface area contributed by atoms with Crippen molar-refractivity contribution in [2.75, 3.05) is 25.0 Å². The highest BCUT2D eigenvalue weighted by molar-refractivity contribution is 5.96. The predicted molar refractivity (Wildman–Crippen MR) is 117 cm³/mol. The third-order valence-electron chi connectivity index (χ3n) is 6.03. The van der Waals surface area contributed by atoms with Gasteiger partial charge < -0.3 is 15.5 Å². The molecule has 2 saturated heterocycles. The van der Waals surface area contributed by atoms with Gasteiger partial charge in [0.2, 0.25) is 5.91 Å². The second kappa shape index (κ2) is 9.42. The molecule has 2 heterocycles. The number of carbonyl (C=O) groups is 2. The molecule has 2 atom stereocenters. The molecule has 2 N–H and O–H groups in total. The van der Waals surface area contributed by atoms with Crippen LogP contribution in [0.3, 0.4) is 0 Å². The van der Waals surface area contributed by atoms with E-state index in [0.29, 0.717) is 11.5 Å². The first kappa shape index (κ1) is 21.3. The van der Waals surface area contributed by atoms with Crippen molar-refractivity contribution in [3.63, 3.8) is 0 Å². The van der Waals surface area contributed by atoms with Crippen molar-refractivity contribution in [1.29, 1.82) is 0 Å². The summed E-state index contributed by atoms with van der Waals surface area (Å²) in [7, 11) is 0. The van der Waals surface area contributed by atoms with Crippen molar-refractivity contribution in [3.8, 4) is 0 Å². The zero-order chi connectivity index (χ0) is 19.5. The number of amides is 2. The van der Waals surface area contributed by atoms with Crippen LogP contribution in [0.5, 0.6) is 0 Å². The molecule has 2 fully saturated rings. The first-order chi connectivity index (χ1) is 13.6. The summed E-state index contributed by atoms with van der Waals surface area (Å²) in [6.07, 6.45) is 2.02. The Kier molecular flexibility index (Phi) is 6.93. The maximum atomic E-state index is 13.0. The van der Waals surface area contributed by atoms with Gasteiger partial charge >= 0.3 is 0 Å². The highest BCUT2D eigenvalue weighted by atomic mass is 35.5. The quantitative estimate of drug-likeness (QED) is 0.781. The smallest absolute Gasteiger partial charge is 0.254 e. The van der Waals surface area contributed by atoms with Gasteiger partial charge in [-0.25, -0.2) is 0 Å². The Morgan fingerprint density at radius 2 is 1.76 bits per heavy atom. The number of hydrogen-bond acceptors (Lipinski definition) is 3. The van der Waals surface area contributed by atoms with E-state index in [2.05, 4.69) is 22.8 Å². The molecular weight excluding hydrogens is 386 g/mol. The minimum atomic E-state index is -0.0150. The van der Waals surface area contributed by atoms with Gasteiger partial charge in [-0.2, -0.15) is 0 Å².